The quantitative estimate of drug-likeness (QED) is 0.876. The molecule has 1 aliphatic heterocycles. The number of carbonyl (C=O) groups is 1. The minimum atomic E-state index is -0.840. The average molecular weight is 326 g/mol. The van der Waals surface area contributed by atoms with Gasteiger partial charge >= 0.3 is 5.97 Å². The van der Waals surface area contributed by atoms with Crippen LogP contribution in [-0.2, 0) is 4.79 Å². The van der Waals surface area contributed by atoms with Gasteiger partial charge < -0.3 is 14.6 Å². The van der Waals surface area contributed by atoms with Crippen molar-refractivity contribution < 1.29 is 9.90 Å². The Hall–Kier alpha value is -1.24. The van der Waals surface area contributed by atoms with E-state index in [1.54, 1.807) is 0 Å². The maximum absolute atomic E-state index is 10.8. The van der Waals surface area contributed by atoms with Gasteiger partial charge in [-0.25, -0.2) is 4.98 Å². The van der Waals surface area contributed by atoms with Crippen molar-refractivity contribution in [1.29, 1.82) is 0 Å². The molecule has 3 rings (SSSR count). The van der Waals surface area contributed by atoms with Gasteiger partial charge in [-0.1, -0.05) is 29.4 Å². The molecular weight excluding hydrogens is 310 g/mol. The van der Waals surface area contributed by atoms with Crippen molar-refractivity contribution in [2.24, 2.45) is 0 Å². The number of thioether (sulfide) groups is 1. The van der Waals surface area contributed by atoms with Gasteiger partial charge in [0.2, 0.25) is 0 Å². The lowest BCUT2D eigenvalue weighted by Crippen LogP contribution is -2.17. The Balaban J connectivity index is 2.08. The third-order valence-corrected chi connectivity index (χ3v) is 4.93. The molecule has 2 heterocycles. The third-order valence-electron chi connectivity index (χ3n) is 3.68. The molecule has 21 heavy (non-hydrogen) atoms. The summed E-state index contributed by atoms with van der Waals surface area (Å²) in [6.45, 7) is 1.95. The van der Waals surface area contributed by atoms with Crippen LogP contribution in [0.4, 0.5) is 0 Å². The van der Waals surface area contributed by atoms with E-state index in [2.05, 4.69) is 21.5 Å². The van der Waals surface area contributed by atoms with Crippen LogP contribution < -0.4 is 0 Å². The number of carboxylic acids is 1. The Morgan fingerprint density at radius 1 is 1.57 bits per heavy atom. The molecule has 5 nitrogen and oxygen atoms in total. The van der Waals surface area contributed by atoms with Crippen LogP contribution in [0.2, 0.25) is 5.02 Å². The van der Waals surface area contributed by atoms with Gasteiger partial charge in [-0.05, 0) is 32.1 Å². The van der Waals surface area contributed by atoms with Gasteiger partial charge in [0.25, 0.3) is 0 Å². The van der Waals surface area contributed by atoms with Gasteiger partial charge in [-0.2, -0.15) is 0 Å². The van der Waals surface area contributed by atoms with Crippen molar-refractivity contribution in [3.8, 4) is 0 Å². The summed E-state index contributed by atoms with van der Waals surface area (Å²) < 4.78 is 2.12. The van der Waals surface area contributed by atoms with E-state index >= 15 is 0 Å². The predicted molar refractivity (Wildman–Crippen MR) is 84.3 cm³/mol. The number of halogens is 1. The number of hydrogen-bond donors (Lipinski definition) is 1. The second kappa shape index (κ2) is 5.87. The molecule has 1 aromatic heterocycles. The Kier molecular flexibility index (Phi) is 4.10. The molecule has 0 spiro atoms. The first-order valence-corrected chi connectivity index (χ1v) is 8.12. The van der Waals surface area contributed by atoms with Crippen LogP contribution in [0.15, 0.2) is 23.4 Å². The molecule has 7 heteroatoms. The van der Waals surface area contributed by atoms with Crippen LogP contribution in [0.3, 0.4) is 0 Å². The van der Waals surface area contributed by atoms with Crippen LogP contribution in [-0.4, -0.2) is 51.4 Å². The molecule has 112 valence electrons. The van der Waals surface area contributed by atoms with Crippen molar-refractivity contribution in [2.75, 3.05) is 25.9 Å². The molecule has 1 atom stereocenters. The van der Waals surface area contributed by atoms with E-state index in [0.717, 1.165) is 35.7 Å². The maximum Gasteiger partial charge on any atom is 0.313 e. The fraction of sp³-hybridized carbons (Fsp3) is 0.429. The molecule has 1 unspecified atom stereocenters. The smallest absolute Gasteiger partial charge is 0.313 e. The maximum atomic E-state index is 10.8. The summed E-state index contributed by atoms with van der Waals surface area (Å²) >= 11 is 7.61. The fourth-order valence-electron chi connectivity index (χ4n) is 2.77. The highest BCUT2D eigenvalue weighted by Gasteiger charge is 2.26. The number of hydrogen-bond acceptors (Lipinski definition) is 4. The molecule has 0 aliphatic carbocycles. The highest BCUT2D eigenvalue weighted by molar-refractivity contribution is 7.99. The van der Waals surface area contributed by atoms with Crippen molar-refractivity contribution in [3.63, 3.8) is 0 Å². The number of nitrogens with zero attached hydrogens (tertiary/aromatic N) is 3. The standard InChI is InChI=1S/C14H16ClN3O2S/c1-17-6-5-9(7-17)18-13-10(15)3-2-4-11(13)16-14(18)21-8-12(19)20/h2-4,9H,5-8H2,1H3,(H,19,20). The molecule has 0 bridgehead atoms. The highest BCUT2D eigenvalue weighted by atomic mass is 35.5. The van der Waals surface area contributed by atoms with E-state index in [0.29, 0.717) is 5.02 Å². The highest BCUT2D eigenvalue weighted by Crippen LogP contribution is 2.35. The first-order chi connectivity index (χ1) is 10.1. The number of benzene rings is 1. The Morgan fingerprint density at radius 3 is 3.05 bits per heavy atom. The van der Waals surface area contributed by atoms with E-state index in [1.807, 2.05) is 18.2 Å². The Labute approximate surface area is 131 Å². The zero-order chi connectivity index (χ0) is 15.0. The first kappa shape index (κ1) is 14.7. The third kappa shape index (κ3) is 2.88. The largest absolute Gasteiger partial charge is 0.481 e. The lowest BCUT2D eigenvalue weighted by atomic mass is 10.2. The summed E-state index contributed by atoms with van der Waals surface area (Å²) in [5.74, 6) is -0.836. The number of aliphatic carboxylic acids is 1. The molecule has 1 aliphatic rings. The summed E-state index contributed by atoms with van der Waals surface area (Å²) in [5.41, 5.74) is 1.73. The van der Waals surface area contributed by atoms with Crippen LogP contribution in [0.5, 0.6) is 0 Å². The lowest BCUT2D eigenvalue weighted by Gasteiger charge is -2.16. The Morgan fingerprint density at radius 2 is 2.38 bits per heavy atom. The number of imidazole rings is 1. The number of fused-ring (bicyclic) bond motifs is 1. The zero-order valence-corrected chi connectivity index (χ0v) is 13.2. The molecule has 0 saturated carbocycles. The first-order valence-electron chi connectivity index (χ1n) is 6.76. The number of rotatable bonds is 4. The summed E-state index contributed by atoms with van der Waals surface area (Å²) in [6.07, 6.45) is 1.02. The van der Waals surface area contributed by atoms with Crippen LogP contribution in [0, 0.1) is 0 Å². The predicted octanol–water partition coefficient (Wildman–Crippen LogP) is 2.74. The van der Waals surface area contributed by atoms with Crippen LogP contribution in [0.25, 0.3) is 11.0 Å². The molecule has 2 aromatic rings. The lowest BCUT2D eigenvalue weighted by molar-refractivity contribution is -0.133. The minimum Gasteiger partial charge on any atom is -0.481 e. The van der Waals surface area contributed by atoms with E-state index in [9.17, 15) is 4.79 Å². The molecule has 1 aromatic carbocycles. The fourth-order valence-corrected chi connectivity index (χ4v) is 3.83. The van der Waals surface area contributed by atoms with Gasteiger partial charge in [0.05, 0.1) is 27.9 Å². The molecule has 0 radical (unpaired) electrons. The number of likely N-dealkylation sites (N-methyl/N-ethyl adjacent to an activating group) is 1. The molecule has 1 N–H and O–H groups in total. The van der Waals surface area contributed by atoms with Gasteiger partial charge in [0.15, 0.2) is 5.16 Å². The van der Waals surface area contributed by atoms with Gasteiger partial charge in [0, 0.05) is 6.54 Å². The number of likely N-dealkylation sites (tertiary alicyclic amines) is 1. The molecule has 1 saturated heterocycles. The second-order valence-corrected chi connectivity index (χ2v) is 6.61. The normalized spacial score (nSPS) is 19.4. The van der Waals surface area contributed by atoms with Crippen molar-refractivity contribution in [2.45, 2.75) is 17.6 Å². The van der Waals surface area contributed by atoms with E-state index in [1.165, 1.54) is 11.8 Å². The summed E-state index contributed by atoms with van der Waals surface area (Å²) in [5, 5.41) is 10.3. The van der Waals surface area contributed by atoms with Gasteiger partial charge in [-0.15, -0.1) is 0 Å². The Bertz CT molecular complexity index is 688. The molecule has 1 fully saturated rings. The van der Waals surface area contributed by atoms with Gasteiger partial charge in [0.1, 0.15) is 0 Å². The number of para-hydroxylation sites is 1. The van der Waals surface area contributed by atoms with Gasteiger partial charge in [-0.3, -0.25) is 4.79 Å². The van der Waals surface area contributed by atoms with E-state index < -0.39 is 5.97 Å². The summed E-state index contributed by atoms with van der Waals surface area (Å²) in [4.78, 5) is 17.7. The average Bonchev–Trinajstić information content (AvgIpc) is 3.00. The monoisotopic (exact) mass is 325 g/mol. The van der Waals surface area contributed by atoms with Crippen LogP contribution in [0.1, 0.15) is 12.5 Å². The summed E-state index contributed by atoms with van der Waals surface area (Å²) in [6, 6.07) is 5.93. The van der Waals surface area contributed by atoms with Crippen LogP contribution >= 0.6 is 23.4 Å². The van der Waals surface area contributed by atoms with Crippen molar-refractivity contribution in [3.05, 3.63) is 23.2 Å². The molecule has 0 amide bonds. The second-order valence-electron chi connectivity index (χ2n) is 5.26. The topological polar surface area (TPSA) is 58.4 Å². The van der Waals surface area contributed by atoms with Crippen molar-refractivity contribution >= 4 is 40.4 Å². The molecular formula is C14H16ClN3O2S. The van der Waals surface area contributed by atoms with E-state index in [4.69, 9.17) is 16.7 Å². The van der Waals surface area contributed by atoms with Crippen molar-refractivity contribution in [1.82, 2.24) is 14.5 Å². The number of aromatic nitrogens is 2. The minimum absolute atomic E-state index is 0.00347. The van der Waals surface area contributed by atoms with E-state index in [-0.39, 0.29) is 11.8 Å². The summed E-state index contributed by atoms with van der Waals surface area (Å²) in [7, 11) is 2.09. The zero-order valence-electron chi connectivity index (χ0n) is 11.6. The number of carboxylic acid groups (broad SMARTS) is 1. The SMILES string of the molecule is CN1CCC(n2c(SCC(=O)O)nc3cccc(Cl)c32)C1.